The second-order valence-electron chi connectivity index (χ2n) is 12.5. The number of aryl methyl sites for hydroxylation is 2. The number of benzene rings is 1. The summed E-state index contributed by atoms with van der Waals surface area (Å²) in [5.74, 6) is 3.43. The van der Waals surface area contributed by atoms with Gasteiger partial charge in [-0.1, -0.05) is 12.7 Å². The molecule has 3 atom stereocenters. The van der Waals surface area contributed by atoms with Crippen molar-refractivity contribution < 1.29 is 14.3 Å². The molecule has 1 amide bonds. The van der Waals surface area contributed by atoms with Crippen molar-refractivity contribution in [2.75, 3.05) is 50.1 Å². The number of anilines is 3. The number of rotatable bonds is 7. The molecule has 0 saturated carbocycles. The van der Waals surface area contributed by atoms with Gasteiger partial charge in [0.15, 0.2) is 17.4 Å². The van der Waals surface area contributed by atoms with Gasteiger partial charge in [-0.15, -0.1) is 9.24 Å². The third kappa shape index (κ3) is 6.37. The largest absolute Gasteiger partial charge is 0.487 e. The normalized spacial score (nSPS) is 19.7. The van der Waals surface area contributed by atoms with E-state index in [0.717, 1.165) is 46.6 Å². The Morgan fingerprint density at radius 3 is 2.88 bits per heavy atom. The summed E-state index contributed by atoms with van der Waals surface area (Å²) in [5, 5.41) is 4.38. The number of carbonyl (C=O) groups is 1. The van der Waals surface area contributed by atoms with E-state index < -0.39 is 0 Å². The SMILES string of the molecule is C=C/N=c1/cc(Oc2cc(P)c(Nc3ncnc4cc5c(nc34)N3CCN(C(=O)/C=C/C4CCCN4C)C(CO5)C3)cc2C)ccn1C. The lowest BCUT2D eigenvalue weighted by Gasteiger charge is -2.39. The van der Waals surface area contributed by atoms with Crippen molar-refractivity contribution in [3.63, 3.8) is 0 Å². The fourth-order valence-electron chi connectivity index (χ4n) is 6.52. The first-order chi connectivity index (χ1) is 23.3. The molecule has 3 aliphatic rings. The molecule has 0 radical (unpaired) electrons. The molecule has 12 nitrogen and oxygen atoms in total. The first kappa shape index (κ1) is 31.8. The maximum absolute atomic E-state index is 13.3. The molecule has 13 heteroatoms. The molecule has 1 aromatic carbocycles. The van der Waals surface area contributed by atoms with Crippen LogP contribution < -0.4 is 30.5 Å². The molecule has 1 N–H and O–H groups in total. The van der Waals surface area contributed by atoms with Gasteiger partial charge in [0.2, 0.25) is 5.91 Å². The van der Waals surface area contributed by atoms with Gasteiger partial charge in [-0.05, 0) is 62.4 Å². The van der Waals surface area contributed by atoms with E-state index in [1.54, 1.807) is 6.08 Å². The van der Waals surface area contributed by atoms with Gasteiger partial charge >= 0.3 is 0 Å². The first-order valence-corrected chi connectivity index (χ1v) is 16.7. The summed E-state index contributed by atoms with van der Waals surface area (Å²) in [6.45, 7) is 9.06. The fourth-order valence-corrected chi connectivity index (χ4v) is 6.82. The van der Waals surface area contributed by atoms with Gasteiger partial charge in [0.1, 0.15) is 35.4 Å². The third-order valence-corrected chi connectivity index (χ3v) is 9.72. The Balaban J connectivity index is 1.11. The molecule has 3 aromatic heterocycles. The highest BCUT2D eigenvalue weighted by Gasteiger charge is 2.35. The summed E-state index contributed by atoms with van der Waals surface area (Å²) in [6.07, 6.45) is 11.0. The minimum Gasteiger partial charge on any atom is -0.487 e. The number of hydrogen-bond donors (Lipinski definition) is 1. The van der Waals surface area contributed by atoms with Crippen LogP contribution in [0.25, 0.3) is 11.0 Å². The van der Waals surface area contributed by atoms with Crippen LogP contribution in [0.4, 0.5) is 17.3 Å². The second-order valence-corrected chi connectivity index (χ2v) is 13.1. The molecule has 2 saturated heterocycles. The topological polar surface area (TPSA) is 113 Å². The Morgan fingerprint density at radius 1 is 1.19 bits per heavy atom. The van der Waals surface area contributed by atoms with Gasteiger partial charge in [0.05, 0.1) is 11.6 Å². The van der Waals surface area contributed by atoms with Crippen LogP contribution in [0.5, 0.6) is 17.2 Å². The van der Waals surface area contributed by atoms with Gasteiger partial charge < -0.3 is 29.2 Å². The van der Waals surface area contributed by atoms with E-state index in [1.165, 1.54) is 18.9 Å². The van der Waals surface area contributed by atoms with E-state index in [9.17, 15) is 4.79 Å². The van der Waals surface area contributed by atoms with E-state index in [1.807, 2.05) is 60.0 Å². The lowest BCUT2D eigenvalue weighted by atomic mass is 10.1. The Bertz CT molecular complexity index is 1990. The Kier molecular flexibility index (Phi) is 8.85. The maximum Gasteiger partial charge on any atom is 0.246 e. The van der Waals surface area contributed by atoms with Gasteiger partial charge in [-0.2, -0.15) is 0 Å². The molecule has 0 spiro atoms. The monoisotopic (exact) mass is 665 g/mol. The van der Waals surface area contributed by atoms with Crippen LogP contribution in [0.2, 0.25) is 0 Å². The first-order valence-electron chi connectivity index (χ1n) is 16.2. The van der Waals surface area contributed by atoms with Crippen molar-refractivity contribution in [2.45, 2.75) is 31.8 Å². The second kappa shape index (κ2) is 13.4. The molecule has 0 aliphatic carbocycles. The predicted molar refractivity (Wildman–Crippen MR) is 190 cm³/mol. The lowest BCUT2D eigenvalue weighted by Crippen LogP contribution is -2.56. The van der Waals surface area contributed by atoms with Crippen LogP contribution in [0.1, 0.15) is 18.4 Å². The van der Waals surface area contributed by atoms with Crippen molar-refractivity contribution >= 4 is 48.8 Å². The van der Waals surface area contributed by atoms with Gasteiger partial charge in [-0.25, -0.2) is 19.9 Å². The van der Waals surface area contributed by atoms with Gasteiger partial charge in [0.25, 0.3) is 0 Å². The molecule has 48 heavy (non-hydrogen) atoms. The minimum absolute atomic E-state index is 0.0377. The average Bonchev–Trinajstić information content (AvgIpc) is 3.44. The number of aromatic nitrogens is 4. The zero-order valence-corrected chi connectivity index (χ0v) is 28.6. The Labute approximate surface area is 282 Å². The molecule has 6 heterocycles. The zero-order chi connectivity index (χ0) is 33.4. The number of fused-ring (bicyclic) bond motifs is 5. The summed E-state index contributed by atoms with van der Waals surface area (Å²) in [4.78, 5) is 38.1. The molecule has 3 unspecified atom stereocenters. The molecule has 7 rings (SSSR count). The summed E-state index contributed by atoms with van der Waals surface area (Å²) in [7, 11) is 6.81. The third-order valence-electron chi connectivity index (χ3n) is 9.24. The number of likely N-dealkylation sites (N-methyl/N-ethyl adjacent to an activating group) is 1. The number of amides is 1. The molecular formula is C35H40N9O3P. The number of pyridine rings is 2. The summed E-state index contributed by atoms with van der Waals surface area (Å²) >= 11 is 0. The van der Waals surface area contributed by atoms with Crippen molar-refractivity contribution in [2.24, 2.45) is 12.0 Å². The average molecular weight is 666 g/mol. The van der Waals surface area contributed by atoms with Crippen molar-refractivity contribution in [3.8, 4) is 17.2 Å². The number of piperazine rings is 1. The molecular weight excluding hydrogens is 625 g/mol. The van der Waals surface area contributed by atoms with Crippen molar-refractivity contribution in [3.05, 3.63) is 78.8 Å². The highest BCUT2D eigenvalue weighted by molar-refractivity contribution is 7.28. The van der Waals surface area contributed by atoms with E-state index in [4.69, 9.17) is 14.5 Å². The van der Waals surface area contributed by atoms with Crippen molar-refractivity contribution in [1.29, 1.82) is 0 Å². The van der Waals surface area contributed by atoms with E-state index in [-0.39, 0.29) is 11.9 Å². The predicted octanol–water partition coefficient (Wildman–Crippen LogP) is 3.81. The molecule has 2 bridgehead atoms. The number of likely N-dealkylation sites (tertiary alicyclic amines) is 1. The molecule has 2 fully saturated rings. The van der Waals surface area contributed by atoms with Crippen LogP contribution in [-0.4, -0.2) is 87.1 Å². The van der Waals surface area contributed by atoms with E-state index >= 15 is 0 Å². The highest BCUT2D eigenvalue weighted by atomic mass is 31.0. The summed E-state index contributed by atoms with van der Waals surface area (Å²) < 4.78 is 14.4. The van der Waals surface area contributed by atoms with Gasteiger partial charge in [0, 0.05) is 69.0 Å². The van der Waals surface area contributed by atoms with Crippen LogP contribution in [0, 0.1) is 6.92 Å². The standard InChI is InChI=1S/C35H40N9O3P/c1-5-36-31-16-25(10-12-42(31)4)47-28-18-30(48)26(15-22(28)2)39-34-33-27(37-21-38-34)17-29-35(40-33)43-13-14-44(24(19-43)20-46-29)32(45)9-8-23-7-6-11-41(23)3/h5,8-10,12,15-18,21,23-24H,1,6-7,11,13-14,19-20,48H2,2-4H3,(H,37,38,39)/b9-8+,36-31-. The Hall–Kier alpha value is -4.80. The van der Waals surface area contributed by atoms with Crippen LogP contribution in [0.3, 0.4) is 0 Å². The smallest absolute Gasteiger partial charge is 0.246 e. The quantitative estimate of drug-likeness (QED) is 0.233. The molecule has 3 aliphatic heterocycles. The zero-order valence-electron chi connectivity index (χ0n) is 27.5. The summed E-state index contributed by atoms with van der Waals surface area (Å²) in [6, 6.07) is 9.93. The van der Waals surface area contributed by atoms with Crippen molar-refractivity contribution in [1.82, 2.24) is 29.3 Å². The lowest BCUT2D eigenvalue weighted by molar-refractivity contribution is -0.129. The molecule has 4 aromatic rings. The van der Waals surface area contributed by atoms with Crippen LogP contribution >= 0.6 is 9.24 Å². The van der Waals surface area contributed by atoms with Crippen LogP contribution in [0.15, 0.2) is 72.8 Å². The fraction of sp³-hybridized carbons (Fsp3) is 0.343. The maximum atomic E-state index is 13.3. The number of ether oxygens (including phenoxy) is 2. The van der Waals surface area contributed by atoms with Gasteiger partial charge in [-0.3, -0.25) is 9.69 Å². The number of hydrogen-bond acceptors (Lipinski definition) is 10. The number of nitrogens with one attached hydrogen (secondary N) is 1. The summed E-state index contributed by atoms with van der Waals surface area (Å²) in [5.41, 5.74) is 3.83. The number of nitrogens with zero attached hydrogens (tertiary/aromatic N) is 8. The number of carbonyl (C=O) groups excluding carboxylic acids is 1. The minimum atomic E-state index is -0.0804. The Morgan fingerprint density at radius 2 is 2.06 bits per heavy atom. The van der Waals surface area contributed by atoms with E-state index in [0.29, 0.717) is 60.6 Å². The van der Waals surface area contributed by atoms with Crippen LogP contribution in [-0.2, 0) is 11.8 Å². The molecule has 248 valence electrons. The van der Waals surface area contributed by atoms with E-state index in [2.05, 4.69) is 59.0 Å². The highest BCUT2D eigenvalue weighted by Crippen LogP contribution is 2.36.